The molecule has 14 heteroatoms. The lowest BCUT2D eigenvalue weighted by Gasteiger charge is -2.18. The van der Waals surface area contributed by atoms with Crippen LogP contribution in [0.5, 0.6) is 0 Å². The molecular formula is C28H29F3N4O7. The summed E-state index contributed by atoms with van der Waals surface area (Å²) in [5, 5.41) is 24.4. The summed E-state index contributed by atoms with van der Waals surface area (Å²) in [5.74, 6) is -3.67. The van der Waals surface area contributed by atoms with Crippen molar-refractivity contribution in [2.45, 2.75) is 25.6 Å². The minimum atomic E-state index is -5.08. The summed E-state index contributed by atoms with van der Waals surface area (Å²) < 4.78 is 36.8. The summed E-state index contributed by atoms with van der Waals surface area (Å²) in [6, 6.07) is 20.1. The average molecular weight is 591 g/mol. The van der Waals surface area contributed by atoms with Crippen molar-refractivity contribution in [2.75, 3.05) is 25.0 Å². The van der Waals surface area contributed by atoms with Crippen LogP contribution < -0.4 is 16.0 Å². The SMILES string of the molecule is Cc1ccc(-c2ccc(C(CC(=O)O)NC(=O)CNC(=O)OCCNc3ccccn3)cc2)cc1.O=C(O)C(F)(F)F. The number of carboxylic acids is 2. The molecule has 0 bridgehead atoms. The van der Waals surface area contributed by atoms with E-state index in [-0.39, 0.29) is 19.6 Å². The molecule has 0 radical (unpaired) electrons. The molecule has 0 aliphatic rings. The minimum Gasteiger partial charge on any atom is -0.481 e. The number of carbonyl (C=O) groups is 4. The smallest absolute Gasteiger partial charge is 0.481 e. The number of anilines is 1. The number of rotatable bonds is 11. The second-order valence-corrected chi connectivity index (χ2v) is 8.64. The molecule has 1 unspecified atom stereocenters. The van der Waals surface area contributed by atoms with Gasteiger partial charge in [0.15, 0.2) is 0 Å². The van der Waals surface area contributed by atoms with Gasteiger partial charge >= 0.3 is 24.2 Å². The van der Waals surface area contributed by atoms with Crippen molar-refractivity contribution in [1.82, 2.24) is 15.6 Å². The Hall–Kier alpha value is -5.14. The van der Waals surface area contributed by atoms with Crippen LogP contribution in [-0.2, 0) is 19.1 Å². The van der Waals surface area contributed by atoms with Gasteiger partial charge in [-0.05, 0) is 35.7 Å². The fourth-order valence-corrected chi connectivity index (χ4v) is 3.32. The molecule has 11 nitrogen and oxygen atoms in total. The molecule has 0 saturated heterocycles. The molecule has 3 aromatic rings. The van der Waals surface area contributed by atoms with Gasteiger partial charge in [0.1, 0.15) is 19.0 Å². The van der Waals surface area contributed by atoms with Gasteiger partial charge in [0.25, 0.3) is 0 Å². The zero-order valence-electron chi connectivity index (χ0n) is 22.4. The summed E-state index contributed by atoms with van der Waals surface area (Å²) in [7, 11) is 0. The number of benzene rings is 2. The van der Waals surface area contributed by atoms with Gasteiger partial charge < -0.3 is 30.9 Å². The molecule has 3 rings (SSSR count). The number of pyridine rings is 1. The predicted molar refractivity (Wildman–Crippen MR) is 146 cm³/mol. The van der Waals surface area contributed by atoms with E-state index in [4.69, 9.17) is 14.6 Å². The van der Waals surface area contributed by atoms with Gasteiger partial charge in [-0.2, -0.15) is 13.2 Å². The predicted octanol–water partition coefficient (Wildman–Crippen LogP) is 4.16. The monoisotopic (exact) mass is 590 g/mol. The number of aliphatic carboxylic acids is 2. The Morgan fingerprint density at radius 2 is 1.52 bits per heavy atom. The first kappa shape index (κ1) is 33.1. The first-order chi connectivity index (χ1) is 19.8. The van der Waals surface area contributed by atoms with Crippen molar-refractivity contribution in [3.63, 3.8) is 0 Å². The van der Waals surface area contributed by atoms with Crippen LogP contribution in [0.1, 0.15) is 23.6 Å². The maximum atomic E-state index is 12.4. The molecule has 5 N–H and O–H groups in total. The maximum Gasteiger partial charge on any atom is 0.490 e. The number of carbonyl (C=O) groups excluding carboxylic acids is 2. The summed E-state index contributed by atoms with van der Waals surface area (Å²) >= 11 is 0. The molecule has 224 valence electrons. The Morgan fingerprint density at radius 3 is 2.05 bits per heavy atom. The first-order valence-corrected chi connectivity index (χ1v) is 12.4. The maximum absolute atomic E-state index is 12.4. The summed E-state index contributed by atoms with van der Waals surface area (Å²) in [4.78, 5) is 48.5. The van der Waals surface area contributed by atoms with Crippen molar-refractivity contribution in [3.8, 4) is 11.1 Å². The Labute approximate surface area is 238 Å². The molecule has 0 spiro atoms. The minimum absolute atomic E-state index is 0.0823. The van der Waals surface area contributed by atoms with Crippen LogP contribution in [0.15, 0.2) is 72.9 Å². The molecule has 0 saturated carbocycles. The Morgan fingerprint density at radius 1 is 0.929 bits per heavy atom. The fraction of sp³-hybridized carbons (Fsp3) is 0.250. The summed E-state index contributed by atoms with van der Waals surface area (Å²) in [5.41, 5.74) is 3.84. The van der Waals surface area contributed by atoms with Gasteiger partial charge in [-0.1, -0.05) is 60.2 Å². The van der Waals surface area contributed by atoms with Crippen LogP contribution in [0.25, 0.3) is 11.1 Å². The molecule has 2 amide bonds. The number of aryl methyl sites for hydroxylation is 1. The van der Waals surface area contributed by atoms with Crippen molar-refractivity contribution >= 4 is 29.8 Å². The van der Waals surface area contributed by atoms with Gasteiger partial charge in [0.2, 0.25) is 5.91 Å². The highest BCUT2D eigenvalue weighted by Crippen LogP contribution is 2.24. The van der Waals surface area contributed by atoms with Gasteiger partial charge in [-0.25, -0.2) is 14.6 Å². The van der Waals surface area contributed by atoms with E-state index >= 15 is 0 Å². The number of aromatic nitrogens is 1. The summed E-state index contributed by atoms with van der Waals surface area (Å²) in [6.45, 7) is 2.11. The molecule has 0 aliphatic heterocycles. The zero-order chi connectivity index (χ0) is 31.1. The molecule has 42 heavy (non-hydrogen) atoms. The number of alkyl halides is 3. The third kappa shape index (κ3) is 12.4. The van der Waals surface area contributed by atoms with Crippen LogP contribution in [0, 0.1) is 6.92 Å². The van der Waals surface area contributed by atoms with E-state index in [9.17, 15) is 32.7 Å². The van der Waals surface area contributed by atoms with Crippen LogP contribution in [0.4, 0.5) is 23.8 Å². The third-order valence-electron chi connectivity index (χ3n) is 5.35. The largest absolute Gasteiger partial charge is 0.490 e. The van der Waals surface area contributed by atoms with E-state index in [1.54, 1.807) is 30.5 Å². The van der Waals surface area contributed by atoms with Crippen molar-refractivity contribution in [2.24, 2.45) is 0 Å². The van der Waals surface area contributed by atoms with E-state index in [1.807, 2.05) is 49.4 Å². The molecule has 1 atom stereocenters. The number of nitrogens with zero attached hydrogens (tertiary/aromatic N) is 1. The van der Waals surface area contributed by atoms with E-state index in [1.165, 1.54) is 0 Å². The number of hydrogen-bond acceptors (Lipinski definition) is 7. The van der Waals surface area contributed by atoms with Gasteiger partial charge in [-0.3, -0.25) is 9.59 Å². The Kier molecular flexibility index (Phi) is 12.8. The van der Waals surface area contributed by atoms with E-state index in [2.05, 4.69) is 20.9 Å². The van der Waals surface area contributed by atoms with Crippen molar-refractivity contribution in [3.05, 3.63) is 84.1 Å². The van der Waals surface area contributed by atoms with Crippen molar-refractivity contribution in [1.29, 1.82) is 0 Å². The molecule has 1 heterocycles. The second kappa shape index (κ2) is 16.2. The summed E-state index contributed by atoms with van der Waals surface area (Å²) in [6.07, 6.45) is -4.48. The van der Waals surface area contributed by atoms with E-state index < -0.39 is 36.2 Å². The van der Waals surface area contributed by atoms with Crippen LogP contribution >= 0.6 is 0 Å². The highest BCUT2D eigenvalue weighted by atomic mass is 19.4. The number of ether oxygens (including phenoxy) is 1. The topological polar surface area (TPSA) is 167 Å². The molecule has 0 aliphatic carbocycles. The number of amides is 2. The van der Waals surface area contributed by atoms with Gasteiger partial charge in [-0.15, -0.1) is 0 Å². The van der Waals surface area contributed by atoms with E-state index in [0.29, 0.717) is 17.9 Å². The standard InChI is InChI=1S/C26H28N4O5.C2HF3O2/c1-18-5-7-19(8-6-18)20-9-11-21(12-10-20)22(16-25(32)33)30-24(31)17-29-26(34)35-15-14-28-23-4-2-3-13-27-23;3-2(4,5)1(6)7/h2-13,22H,14-17H2,1H3,(H,27,28)(H,29,34)(H,30,31)(H,32,33);(H,6,7). The lowest BCUT2D eigenvalue weighted by Crippen LogP contribution is -2.39. The van der Waals surface area contributed by atoms with Crippen LogP contribution in [0.2, 0.25) is 0 Å². The Balaban J connectivity index is 0.000000782. The lowest BCUT2D eigenvalue weighted by atomic mass is 9.98. The first-order valence-electron chi connectivity index (χ1n) is 12.4. The third-order valence-corrected chi connectivity index (χ3v) is 5.35. The fourth-order valence-electron chi connectivity index (χ4n) is 3.32. The Bertz CT molecular complexity index is 1320. The van der Waals surface area contributed by atoms with Crippen LogP contribution in [0.3, 0.4) is 0 Å². The van der Waals surface area contributed by atoms with E-state index in [0.717, 1.165) is 16.7 Å². The number of nitrogens with one attached hydrogen (secondary N) is 3. The number of halogens is 3. The number of alkyl carbamates (subject to hydrolysis) is 1. The average Bonchev–Trinajstić information content (AvgIpc) is 2.94. The highest BCUT2D eigenvalue weighted by molar-refractivity contribution is 5.83. The molecule has 0 fully saturated rings. The highest BCUT2D eigenvalue weighted by Gasteiger charge is 2.38. The molecule has 1 aromatic heterocycles. The molecule has 2 aromatic carbocycles. The lowest BCUT2D eigenvalue weighted by molar-refractivity contribution is -0.192. The second-order valence-electron chi connectivity index (χ2n) is 8.64. The molecular weight excluding hydrogens is 561 g/mol. The quantitative estimate of drug-likeness (QED) is 0.206. The number of hydrogen-bond donors (Lipinski definition) is 5. The normalized spacial score (nSPS) is 11.2. The zero-order valence-corrected chi connectivity index (χ0v) is 22.4. The van der Waals surface area contributed by atoms with Crippen LogP contribution in [-0.4, -0.2) is 65.0 Å². The van der Waals surface area contributed by atoms with Gasteiger partial charge in [0, 0.05) is 6.20 Å². The van der Waals surface area contributed by atoms with Gasteiger partial charge in [0.05, 0.1) is 19.0 Å². The number of carboxylic acid groups (broad SMARTS) is 2. The van der Waals surface area contributed by atoms with Crippen molar-refractivity contribution < 1.29 is 47.3 Å².